The summed E-state index contributed by atoms with van der Waals surface area (Å²) in [4.78, 5) is 14.1. The lowest BCUT2D eigenvalue weighted by Crippen LogP contribution is -2.42. The molecule has 0 spiro atoms. The molecule has 0 saturated carbocycles. The summed E-state index contributed by atoms with van der Waals surface area (Å²) in [5.41, 5.74) is 3.17. The van der Waals surface area contributed by atoms with Crippen molar-refractivity contribution in [2.45, 2.75) is 39.7 Å². The van der Waals surface area contributed by atoms with E-state index in [1.54, 1.807) is 0 Å². The molecule has 0 aromatic heterocycles. The maximum absolute atomic E-state index is 12.3. The zero-order valence-electron chi connectivity index (χ0n) is 12.5. The molecule has 20 heavy (non-hydrogen) atoms. The number of benzene rings is 1. The van der Waals surface area contributed by atoms with Crippen LogP contribution in [0.2, 0.25) is 0 Å². The SMILES string of the molecule is Cc1cccc(NC(=O)N2CCC(C(C)O)CC2)c1C. The minimum Gasteiger partial charge on any atom is -0.393 e. The van der Waals surface area contributed by atoms with Gasteiger partial charge in [0.15, 0.2) is 0 Å². The molecule has 1 atom stereocenters. The average Bonchev–Trinajstić information content (AvgIpc) is 2.44. The van der Waals surface area contributed by atoms with Gasteiger partial charge in [-0.3, -0.25) is 0 Å². The van der Waals surface area contributed by atoms with E-state index >= 15 is 0 Å². The lowest BCUT2D eigenvalue weighted by molar-refractivity contribution is 0.0820. The number of carbonyl (C=O) groups excluding carboxylic acids is 1. The van der Waals surface area contributed by atoms with Gasteiger partial charge in [0, 0.05) is 18.8 Å². The lowest BCUT2D eigenvalue weighted by Gasteiger charge is -2.33. The number of aliphatic hydroxyl groups excluding tert-OH is 1. The second-order valence-electron chi connectivity index (χ2n) is 5.74. The molecule has 0 radical (unpaired) electrons. The van der Waals surface area contributed by atoms with Crippen molar-refractivity contribution in [2.75, 3.05) is 18.4 Å². The fourth-order valence-electron chi connectivity index (χ4n) is 2.67. The molecule has 0 aliphatic carbocycles. The second kappa shape index (κ2) is 6.27. The van der Waals surface area contributed by atoms with Crippen LogP contribution in [0.1, 0.15) is 30.9 Å². The van der Waals surface area contributed by atoms with E-state index in [4.69, 9.17) is 0 Å². The van der Waals surface area contributed by atoms with Crippen LogP contribution >= 0.6 is 0 Å². The van der Waals surface area contributed by atoms with Crippen molar-refractivity contribution in [3.8, 4) is 0 Å². The first kappa shape index (κ1) is 14.9. The van der Waals surface area contributed by atoms with Gasteiger partial charge in [0.05, 0.1) is 6.10 Å². The van der Waals surface area contributed by atoms with Gasteiger partial charge in [0.2, 0.25) is 0 Å². The topological polar surface area (TPSA) is 52.6 Å². The number of hydrogen-bond acceptors (Lipinski definition) is 2. The zero-order chi connectivity index (χ0) is 14.7. The van der Waals surface area contributed by atoms with E-state index in [0.717, 1.165) is 24.1 Å². The number of carbonyl (C=O) groups is 1. The molecule has 1 aromatic carbocycles. The molecule has 2 amide bonds. The van der Waals surface area contributed by atoms with Gasteiger partial charge in [-0.05, 0) is 56.7 Å². The number of aliphatic hydroxyl groups is 1. The first-order valence-corrected chi connectivity index (χ1v) is 7.29. The third-order valence-electron chi connectivity index (χ3n) is 4.36. The second-order valence-corrected chi connectivity index (χ2v) is 5.74. The van der Waals surface area contributed by atoms with Crippen LogP contribution < -0.4 is 5.32 Å². The van der Waals surface area contributed by atoms with Crippen LogP contribution in [0.25, 0.3) is 0 Å². The van der Waals surface area contributed by atoms with Gasteiger partial charge < -0.3 is 15.3 Å². The van der Waals surface area contributed by atoms with Gasteiger partial charge in [0.1, 0.15) is 0 Å². The predicted molar refractivity (Wildman–Crippen MR) is 80.9 cm³/mol. The van der Waals surface area contributed by atoms with E-state index in [9.17, 15) is 9.90 Å². The maximum Gasteiger partial charge on any atom is 0.321 e. The lowest BCUT2D eigenvalue weighted by atomic mass is 9.92. The Morgan fingerprint density at radius 2 is 2.00 bits per heavy atom. The Balaban J connectivity index is 1.95. The normalized spacial score (nSPS) is 17.9. The molecular formula is C16H24N2O2. The van der Waals surface area contributed by atoms with Crippen molar-refractivity contribution in [2.24, 2.45) is 5.92 Å². The van der Waals surface area contributed by atoms with Crippen molar-refractivity contribution in [1.82, 2.24) is 4.90 Å². The highest BCUT2D eigenvalue weighted by Gasteiger charge is 2.25. The molecule has 1 aromatic rings. The Morgan fingerprint density at radius 1 is 1.35 bits per heavy atom. The van der Waals surface area contributed by atoms with Gasteiger partial charge in [-0.2, -0.15) is 0 Å². The first-order valence-electron chi connectivity index (χ1n) is 7.29. The fraction of sp³-hybridized carbons (Fsp3) is 0.562. The molecule has 110 valence electrons. The Bertz CT molecular complexity index is 477. The predicted octanol–water partition coefficient (Wildman–Crippen LogP) is 2.93. The Kier molecular flexibility index (Phi) is 4.65. The van der Waals surface area contributed by atoms with Gasteiger partial charge in [0.25, 0.3) is 0 Å². The number of anilines is 1. The Labute approximate surface area is 120 Å². The van der Waals surface area contributed by atoms with E-state index in [2.05, 4.69) is 5.32 Å². The van der Waals surface area contributed by atoms with Crippen LogP contribution in [-0.4, -0.2) is 35.2 Å². The summed E-state index contributed by atoms with van der Waals surface area (Å²) < 4.78 is 0. The number of piperidine rings is 1. The van der Waals surface area contributed by atoms with Crippen molar-refractivity contribution in [3.05, 3.63) is 29.3 Å². The average molecular weight is 276 g/mol. The number of likely N-dealkylation sites (tertiary alicyclic amines) is 1. The minimum absolute atomic E-state index is 0.0391. The summed E-state index contributed by atoms with van der Waals surface area (Å²) in [5, 5.41) is 12.6. The number of hydrogen-bond donors (Lipinski definition) is 2. The third-order valence-corrected chi connectivity index (χ3v) is 4.36. The van der Waals surface area contributed by atoms with E-state index in [-0.39, 0.29) is 12.1 Å². The van der Waals surface area contributed by atoms with Crippen molar-refractivity contribution in [3.63, 3.8) is 0 Å². The summed E-state index contributed by atoms with van der Waals surface area (Å²) in [6.07, 6.45) is 1.47. The van der Waals surface area contributed by atoms with E-state index in [0.29, 0.717) is 19.0 Å². The summed E-state index contributed by atoms with van der Waals surface area (Å²) in [7, 11) is 0. The molecule has 1 saturated heterocycles. The van der Waals surface area contributed by atoms with E-state index < -0.39 is 0 Å². The maximum atomic E-state index is 12.3. The number of aryl methyl sites for hydroxylation is 1. The highest BCUT2D eigenvalue weighted by molar-refractivity contribution is 5.90. The van der Waals surface area contributed by atoms with E-state index in [1.165, 1.54) is 5.56 Å². The number of nitrogens with zero attached hydrogens (tertiary/aromatic N) is 1. The summed E-state index contributed by atoms with van der Waals surface area (Å²) >= 11 is 0. The molecule has 1 fully saturated rings. The molecule has 4 heteroatoms. The van der Waals surface area contributed by atoms with E-state index in [1.807, 2.05) is 43.9 Å². The first-order chi connectivity index (χ1) is 9.49. The molecule has 1 aliphatic rings. The van der Waals surface area contributed by atoms with Crippen LogP contribution in [0.4, 0.5) is 10.5 Å². The van der Waals surface area contributed by atoms with Crippen LogP contribution in [-0.2, 0) is 0 Å². The fourth-order valence-corrected chi connectivity index (χ4v) is 2.67. The largest absolute Gasteiger partial charge is 0.393 e. The zero-order valence-corrected chi connectivity index (χ0v) is 12.5. The van der Waals surface area contributed by atoms with Crippen molar-refractivity contribution < 1.29 is 9.90 Å². The smallest absolute Gasteiger partial charge is 0.321 e. The summed E-state index contributed by atoms with van der Waals surface area (Å²) in [5.74, 6) is 0.319. The Hall–Kier alpha value is -1.55. The molecule has 2 rings (SSSR count). The number of urea groups is 1. The monoisotopic (exact) mass is 276 g/mol. The summed E-state index contributed by atoms with van der Waals surface area (Å²) in [6, 6.07) is 5.89. The van der Waals surface area contributed by atoms with Crippen LogP contribution in [0.3, 0.4) is 0 Å². The number of nitrogens with one attached hydrogen (secondary N) is 1. The highest BCUT2D eigenvalue weighted by atomic mass is 16.3. The van der Waals surface area contributed by atoms with Crippen LogP contribution in [0, 0.1) is 19.8 Å². The molecule has 4 nitrogen and oxygen atoms in total. The summed E-state index contributed by atoms with van der Waals surface area (Å²) in [6.45, 7) is 7.32. The van der Waals surface area contributed by atoms with Crippen LogP contribution in [0.15, 0.2) is 18.2 Å². The molecule has 1 aliphatic heterocycles. The number of amides is 2. The molecular weight excluding hydrogens is 252 g/mol. The molecule has 1 heterocycles. The Morgan fingerprint density at radius 3 is 2.60 bits per heavy atom. The standard InChI is InChI=1S/C16H24N2O2/c1-11-5-4-6-15(12(11)2)17-16(20)18-9-7-14(8-10-18)13(3)19/h4-6,13-14,19H,7-10H2,1-3H3,(H,17,20). The van der Waals surface area contributed by atoms with Crippen LogP contribution in [0.5, 0.6) is 0 Å². The van der Waals surface area contributed by atoms with Gasteiger partial charge in [-0.25, -0.2) is 4.79 Å². The van der Waals surface area contributed by atoms with Gasteiger partial charge >= 0.3 is 6.03 Å². The minimum atomic E-state index is -0.278. The van der Waals surface area contributed by atoms with Crippen molar-refractivity contribution >= 4 is 11.7 Å². The number of rotatable bonds is 2. The third kappa shape index (κ3) is 3.31. The molecule has 1 unspecified atom stereocenters. The van der Waals surface area contributed by atoms with Crippen molar-refractivity contribution in [1.29, 1.82) is 0 Å². The van der Waals surface area contributed by atoms with Gasteiger partial charge in [-0.15, -0.1) is 0 Å². The molecule has 2 N–H and O–H groups in total. The quantitative estimate of drug-likeness (QED) is 0.872. The highest BCUT2D eigenvalue weighted by Crippen LogP contribution is 2.22. The molecule has 0 bridgehead atoms. The van der Waals surface area contributed by atoms with Gasteiger partial charge in [-0.1, -0.05) is 12.1 Å².